The molecule has 1 aliphatic rings. The van der Waals surface area contributed by atoms with Crippen molar-refractivity contribution in [2.45, 2.75) is 53.1 Å². The highest BCUT2D eigenvalue weighted by molar-refractivity contribution is 5.88. The SMILES string of the molecule is C#Cc1c(C)nc2c(c1C)CCCN2C(=O)OC(C)(C)C. The number of carbonyl (C=O) groups is 1. The van der Waals surface area contributed by atoms with Gasteiger partial charge >= 0.3 is 6.09 Å². The predicted octanol–water partition coefficient (Wildman–Crippen LogP) is 3.37. The summed E-state index contributed by atoms with van der Waals surface area (Å²) in [4.78, 5) is 18.6. The second-order valence-electron chi connectivity index (χ2n) is 6.38. The summed E-state index contributed by atoms with van der Waals surface area (Å²) in [6.45, 7) is 10.1. The average Bonchev–Trinajstić information content (AvgIpc) is 2.36. The fourth-order valence-corrected chi connectivity index (χ4v) is 2.62. The molecule has 1 aromatic rings. The van der Waals surface area contributed by atoms with Gasteiger partial charge in [-0.25, -0.2) is 9.78 Å². The topological polar surface area (TPSA) is 42.4 Å². The van der Waals surface area contributed by atoms with E-state index in [0.29, 0.717) is 12.4 Å². The first kappa shape index (κ1) is 15.4. The van der Waals surface area contributed by atoms with Crippen LogP contribution in [0.15, 0.2) is 0 Å². The summed E-state index contributed by atoms with van der Waals surface area (Å²) in [5.41, 5.74) is 3.21. The number of hydrogen-bond donors (Lipinski definition) is 0. The summed E-state index contributed by atoms with van der Waals surface area (Å²) in [6, 6.07) is 0. The number of hydrogen-bond acceptors (Lipinski definition) is 3. The van der Waals surface area contributed by atoms with Crippen LogP contribution in [0.4, 0.5) is 10.6 Å². The van der Waals surface area contributed by atoms with Crippen LogP contribution in [0.25, 0.3) is 0 Å². The van der Waals surface area contributed by atoms with Gasteiger partial charge in [0.05, 0.1) is 5.69 Å². The minimum atomic E-state index is -0.516. The van der Waals surface area contributed by atoms with Crippen LogP contribution in [0.3, 0.4) is 0 Å². The number of aromatic nitrogens is 1. The van der Waals surface area contributed by atoms with Crippen molar-refractivity contribution in [2.24, 2.45) is 0 Å². The van der Waals surface area contributed by atoms with Crippen LogP contribution in [0, 0.1) is 26.2 Å². The smallest absolute Gasteiger partial charge is 0.416 e. The van der Waals surface area contributed by atoms with Gasteiger partial charge in [-0.05, 0) is 58.6 Å². The molecule has 0 aromatic carbocycles. The van der Waals surface area contributed by atoms with E-state index in [2.05, 4.69) is 10.9 Å². The highest BCUT2D eigenvalue weighted by Gasteiger charge is 2.30. The zero-order valence-corrected chi connectivity index (χ0v) is 13.4. The largest absolute Gasteiger partial charge is 0.443 e. The van der Waals surface area contributed by atoms with Gasteiger partial charge in [0, 0.05) is 12.1 Å². The van der Waals surface area contributed by atoms with Gasteiger partial charge in [-0.15, -0.1) is 6.42 Å². The van der Waals surface area contributed by atoms with Crippen molar-refractivity contribution in [3.63, 3.8) is 0 Å². The summed E-state index contributed by atoms with van der Waals surface area (Å²) in [7, 11) is 0. The van der Waals surface area contributed by atoms with E-state index in [-0.39, 0.29) is 6.09 Å². The maximum Gasteiger partial charge on any atom is 0.416 e. The van der Waals surface area contributed by atoms with E-state index in [9.17, 15) is 4.79 Å². The monoisotopic (exact) mass is 286 g/mol. The molecule has 0 radical (unpaired) electrons. The summed E-state index contributed by atoms with van der Waals surface area (Å²) in [6.07, 6.45) is 7.00. The fraction of sp³-hybridized carbons (Fsp3) is 0.529. The second kappa shape index (κ2) is 5.40. The first-order valence-corrected chi connectivity index (χ1v) is 7.22. The van der Waals surface area contributed by atoms with Crippen LogP contribution in [0.5, 0.6) is 0 Å². The van der Waals surface area contributed by atoms with E-state index in [1.165, 1.54) is 0 Å². The summed E-state index contributed by atoms with van der Waals surface area (Å²) >= 11 is 0. The minimum Gasteiger partial charge on any atom is -0.443 e. The number of amides is 1. The summed E-state index contributed by atoms with van der Waals surface area (Å²) < 4.78 is 5.48. The van der Waals surface area contributed by atoms with Gasteiger partial charge in [0.1, 0.15) is 11.4 Å². The minimum absolute atomic E-state index is 0.344. The quantitative estimate of drug-likeness (QED) is 0.687. The molecule has 1 aromatic heterocycles. The molecule has 2 rings (SSSR count). The lowest BCUT2D eigenvalue weighted by atomic mass is 9.96. The van der Waals surface area contributed by atoms with Gasteiger partial charge in [0.25, 0.3) is 0 Å². The Bertz CT molecular complexity index is 621. The summed E-state index contributed by atoms with van der Waals surface area (Å²) in [5, 5.41) is 0. The van der Waals surface area contributed by atoms with Gasteiger partial charge in [0.15, 0.2) is 0 Å². The second-order valence-corrected chi connectivity index (χ2v) is 6.38. The lowest BCUT2D eigenvalue weighted by molar-refractivity contribution is 0.0576. The molecule has 4 heteroatoms. The van der Waals surface area contributed by atoms with E-state index >= 15 is 0 Å². The Morgan fingerprint density at radius 3 is 2.62 bits per heavy atom. The Balaban J connectivity index is 2.45. The first-order chi connectivity index (χ1) is 9.74. The zero-order valence-electron chi connectivity index (χ0n) is 13.4. The number of carbonyl (C=O) groups excluding carboxylic acids is 1. The third kappa shape index (κ3) is 3.02. The average molecular weight is 286 g/mol. The van der Waals surface area contributed by atoms with Gasteiger partial charge in [-0.1, -0.05) is 5.92 Å². The Kier molecular flexibility index (Phi) is 3.95. The van der Waals surface area contributed by atoms with E-state index < -0.39 is 5.60 Å². The van der Waals surface area contributed by atoms with Crippen LogP contribution in [-0.4, -0.2) is 23.2 Å². The van der Waals surface area contributed by atoms with Crippen molar-refractivity contribution in [3.8, 4) is 12.3 Å². The van der Waals surface area contributed by atoms with Crippen LogP contribution in [0.1, 0.15) is 49.6 Å². The molecule has 112 valence electrons. The maximum absolute atomic E-state index is 12.4. The Hall–Kier alpha value is -2.02. The molecule has 0 saturated carbocycles. The molecule has 1 aliphatic heterocycles. The molecule has 0 N–H and O–H groups in total. The molecule has 1 amide bonds. The summed E-state index contributed by atoms with van der Waals surface area (Å²) in [5.74, 6) is 3.40. The molecule has 0 saturated heterocycles. The van der Waals surface area contributed by atoms with Crippen molar-refractivity contribution >= 4 is 11.9 Å². The zero-order chi connectivity index (χ0) is 15.8. The fourth-order valence-electron chi connectivity index (χ4n) is 2.62. The predicted molar refractivity (Wildman–Crippen MR) is 83.5 cm³/mol. The number of nitrogens with zero attached hydrogens (tertiary/aromatic N) is 2. The van der Waals surface area contributed by atoms with Crippen LogP contribution >= 0.6 is 0 Å². The number of ether oxygens (including phenoxy) is 1. The van der Waals surface area contributed by atoms with E-state index in [4.69, 9.17) is 11.2 Å². The first-order valence-electron chi connectivity index (χ1n) is 7.22. The molecule has 4 nitrogen and oxygen atoms in total. The number of anilines is 1. The molecule has 0 atom stereocenters. The number of pyridine rings is 1. The normalized spacial score (nSPS) is 14.4. The highest BCUT2D eigenvalue weighted by Crippen LogP contribution is 2.31. The van der Waals surface area contributed by atoms with Crippen LogP contribution in [0.2, 0.25) is 0 Å². The molecular formula is C17H22N2O2. The number of aryl methyl sites for hydroxylation is 1. The van der Waals surface area contributed by atoms with Crippen LogP contribution in [-0.2, 0) is 11.2 Å². The Labute approximate surface area is 126 Å². The van der Waals surface area contributed by atoms with Gasteiger partial charge < -0.3 is 4.74 Å². The standard InChI is InChI=1S/C17H22N2O2/c1-7-13-11(2)14-9-8-10-19(15(14)18-12(13)3)16(20)21-17(4,5)6/h1H,8-10H2,2-6H3. The van der Waals surface area contributed by atoms with Crippen molar-refractivity contribution < 1.29 is 9.53 Å². The molecule has 21 heavy (non-hydrogen) atoms. The number of rotatable bonds is 0. The lowest BCUT2D eigenvalue weighted by Gasteiger charge is -2.32. The molecular weight excluding hydrogens is 264 g/mol. The van der Waals surface area contributed by atoms with Gasteiger partial charge in [-0.3, -0.25) is 4.90 Å². The molecule has 0 aliphatic carbocycles. The van der Waals surface area contributed by atoms with Crippen molar-refractivity contribution in [1.29, 1.82) is 0 Å². The van der Waals surface area contributed by atoms with Crippen molar-refractivity contribution in [1.82, 2.24) is 4.98 Å². The molecule has 2 heterocycles. The highest BCUT2D eigenvalue weighted by atomic mass is 16.6. The molecule has 0 fully saturated rings. The molecule has 0 unspecified atom stereocenters. The van der Waals surface area contributed by atoms with E-state index in [1.54, 1.807) is 4.90 Å². The maximum atomic E-state index is 12.4. The molecule has 0 spiro atoms. The Morgan fingerprint density at radius 2 is 2.05 bits per heavy atom. The van der Waals surface area contributed by atoms with Gasteiger partial charge in [-0.2, -0.15) is 0 Å². The Morgan fingerprint density at radius 1 is 1.38 bits per heavy atom. The van der Waals surface area contributed by atoms with Crippen molar-refractivity contribution in [2.75, 3.05) is 11.4 Å². The van der Waals surface area contributed by atoms with Crippen molar-refractivity contribution in [3.05, 3.63) is 22.4 Å². The van der Waals surface area contributed by atoms with Crippen LogP contribution < -0.4 is 4.90 Å². The molecule has 0 bridgehead atoms. The van der Waals surface area contributed by atoms with E-state index in [1.807, 2.05) is 34.6 Å². The lowest BCUT2D eigenvalue weighted by Crippen LogP contribution is -2.40. The number of terminal acetylenes is 1. The third-order valence-corrected chi connectivity index (χ3v) is 3.56. The van der Waals surface area contributed by atoms with Gasteiger partial charge in [0.2, 0.25) is 0 Å². The third-order valence-electron chi connectivity index (χ3n) is 3.56. The van der Waals surface area contributed by atoms with E-state index in [0.717, 1.165) is 35.2 Å². The number of fused-ring (bicyclic) bond motifs is 1.